The van der Waals surface area contributed by atoms with Crippen LogP contribution in [0.2, 0.25) is 0 Å². The smallest absolute Gasteiger partial charge is 0.248 e. The number of rotatable bonds is 3. The topological polar surface area (TPSA) is 66.9 Å². The van der Waals surface area contributed by atoms with Crippen molar-refractivity contribution in [3.8, 4) is 0 Å². The van der Waals surface area contributed by atoms with Crippen molar-refractivity contribution in [2.75, 3.05) is 5.32 Å². The Morgan fingerprint density at radius 2 is 1.86 bits per heavy atom. The van der Waals surface area contributed by atoms with Crippen molar-refractivity contribution in [1.82, 2.24) is 9.55 Å². The number of carbonyl (C=O) groups is 1. The largest absolute Gasteiger partial charge is 0.338 e. The lowest BCUT2D eigenvalue weighted by Crippen LogP contribution is -2.19. The highest BCUT2D eigenvalue weighted by molar-refractivity contribution is 5.95. The van der Waals surface area contributed by atoms with Gasteiger partial charge in [-0.3, -0.25) is 9.59 Å². The zero-order valence-corrected chi connectivity index (χ0v) is 16.2. The Bertz CT molecular complexity index is 1240. The van der Waals surface area contributed by atoms with Crippen LogP contribution in [0.5, 0.6) is 0 Å². The van der Waals surface area contributed by atoms with Crippen LogP contribution in [0.4, 0.5) is 5.69 Å². The van der Waals surface area contributed by atoms with E-state index in [1.807, 2.05) is 59.3 Å². The Labute approximate surface area is 163 Å². The van der Waals surface area contributed by atoms with Crippen molar-refractivity contribution in [3.05, 3.63) is 76.7 Å². The average molecular weight is 373 g/mol. The predicted octanol–water partition coefficient (Wildman–Crippen LogP) is 4.42. The molecular formula is C23H23N3O2. The molecule has 0 atom stereocenters. The first-order chi connectivity index (χ1) is 13.3. The number of aromatic amines is 1. The molecule has 0 radical (unpaired) electrons. The van der Waals surface area contributed by atoms with Gasteiger partial charge >= 0.3 is 0 Å². The monoisotopic (exact) mass is 373 g/mol. The second-order valence-electron chi connectivity index (χ2n) is 8.11. The van der Waals surface area contributed by atoms with E-state index < -0.39 is 0 Å². The number of pyridine rings is 1. The molecule has 0 bridgehead atoms. The third-order valence-corrected chi connectivity index (χ3v) is 4.93. The molecule has 0 aliphatic rings. The van der Waals surface area contributed by atoms with E-state index in [1.165, 1.54) is 0 Å². The van der Waals surface area contributed by atoms with Crippen LogP contribution < -0.4 is 10.9 Å². The summed E-state index contributed by atoms with van der Waals surface area (Å²) in [6, 6.07) is 17.3. The van der Waals surface area contributed by atoms with Crippen LogP contribution in [0.25, 0.3) is 21.8 Å². The number of hydrogen-bond acceptors (Lipinski definition) is 2. The predicted molar refractivity (Wildman–Crippen MR) is 114 cm³/mol. The summed E-state index contributed by atoms with van der Waals surface area (Å²) in [5.41, 5.74) is 3.11. The second kappa shape index (κ2) is 6.68. The molecule has 0 fully saturated rings. The molecule has 2 heterocycles. The molecule has 1 amide bonds. The van der Waals surface area contributed by atoms with Crippen LogP contribution in [0.3, 0.4) is 0 Å². The molecule has 0 unspecified atom stereocenters. The molecule has 0 saturated heterocycles. The molecule has 0 spiro atoms. The van der Waals surface area contributed by atoms with Crippen LogP contribution >= 0.6 is 0 Å². The maximum atomic E-state index is 12.5. The number of nitrogens with zero attached hydrogens (tertiary/aromatic N) is 1. The molecule has 0 aliphatic heterocycles. The fourth-order valence-corrected chi connectivity index (χ4v) is 3.59. The van der Waals surface area contributed by atoms with E-state index in [2.05, 4.69) is 31.1 Å². The number of H-pyrrole nitrogens is 1. The zero-order valence-electron chi connectivity index (χ0n) is 16.2. The lowest BCUT2D eigenvalue weighted by molar-refractivity contribution is -0.116. The average Bonchev–Trinajstić information content (AvgIpc) is 3.03. The first kappa shape index (κ1) is 18.0. The van der Waals surface area contributed by atoms with Crippen molar-refractivity contribution >= 4 is 33.4 Å². The molecule has 2 aromatic heterocycles. The summed E-state index contributed by atoms with van der Waals surface area (Å²) >= 11 is 0. The summed E-state index contributed by atoms with van der Waals surface area (Å²) < 4.78 is 1.92. The molecule has 0 aliphatic carbocycles. The van der Waals surface area contributed by atoms with Crippen molar-refractivity contribution in [2.24, 2.45) is 0 Å². The number of aromatic nitrogens is 2. The van der Waals surface area contributed by atoms with Gasteiger partial charge < -0.3 is 14.9 Å². The van der Waals surface area contributed by atoms with Gasteiger partial charge in [0.2, 0.25) is 11.5 Å². The minimum absolute atomic E-state index is 0.116. The highest BCUT2D eigenvalue weighted by Gasteiger charge is 2.18. The standard InChI is InChI=1S/C23H23N3O2/c1-23(2,3)18-13-21(27)25-19-12-16(8-9-17(18)19)24-22(28)14-26-11-10-15-6-4-5-7-20(15)26/h4-13H,14H2,1-3H3,(H,24,28)(H,25,27). The van der Waals surface area contributed by atoms with Gasteiger partial charge in [0, 0.05) is 28.9 Å². The van der Waals surface area contributed by atoms with Gasteiger partial charge in [-0.2, -0.15) is 0 Å². The molecule has 5 nitrogen and oxygen atoms in total. The van der Waals surface area contributed by atoms with Crippen LogP contribution in [0.15, 0.2) is 65.6 Å². The van der Waals surface area contributed by atoms with Crippen molar-refractivity contribution < 1.29 is 4.79 Å². The molecule has 5 heteroatoms. The summed E-state index contributed by atoms with van der Waals surface area (Å²) in [6.45, 7) is 6.47. The van der Waals surface area contributed by atoms with E-state index in [9.17, 15) is 9.59 Å². The van der Waals surface area contributed by atoms with E-state index >= 15 is 0 Å². The van der Waals surface area contributed by atoms with Crippen molar-refractivity contribution in [2.45, 2.75) is 32.7 Å². The Kier molecular flexibility index (Phi) is 4.30. The van der Waals surface area contributed by atoms with E-state index in [-0.39, 0.29) is 23.4 Å². The first-order valence-corrected chi connectivity index (χ1v) is 9.32. The third kappa shape index (κ3) is 3.43. The molecule has 0 saturated carbocycles. The van der Waals surface area contributed by atoms with Gasteiger partial charge in [0.1, 0.15) is 6.54 Å². The lowest BCUT2D eigenvalue weighted by atomic mass is 9.85. The Morgan fingerprint density at radius 3 is 2.64 bits per heavy atom. The molecule has 2 N–H and O–H groups in total. The van der Waals surface area contributed by atoms with Crippen LogP contribution in [-0.2, 0) is 16.8 Å². The second-order valence-corrected chi connectivity index (χ2v) is 8.11. The summed E-state index contributed by atoms with van der Waals surface area (Å²) in [4.78, 5) is 27.5. The van der Waals surface area contributed by atoms with Gasteiger partial charge in [-0.05, 0) is 40.6 Å². The fourth-order valence-electron chi connectivity index (χ4n) is 3.59. The van der Waals surface area contributed by atoms with E-state index in [1.54, 1.807) is 6.07 Å². The summed E-state index contributed by atoms with van der Waals surface area (Å²) in [5, 5.41) is 5.03. The van der Waals surface area contributed by atoms with Gasteiger partial charge in [0.15, 0.2) is 0 Å². The molecule has 142 valence electrons. The summed E-state index contributed by atoms with van der Waals surface area (Å²) in [6.07, 6.45) is 1.91. The number of amides is 1. The van der Waals surface area contributed by atoms with Gasteiger partial charge in [-0.25, -0.2) is 0 Å². The van der Waals surface area contributed by atoms with Gasteiger partial charge in [0.05, 0.1) is 5.52 Å². The normalized spacial score (nSPS) is 11.8. The first-order valence-electron chi connectivity index (χ1n) is 9.32. The molecule has 4 aromatic rings. The lowest BCUT2D eigenvalue weighted by Gasteiger charge is -2.21. The number of nitrogens with one attached hydrogen (secondary N) is 2. The maximum absolute atomic E-state index is 12.5. The van der Waals surface area contributed by atoms with Crippen molar-refractivity contribution in [1.29, 1.82) is 0 Å². The minimum Gasteiger partial charge on any atom is -0.338 e. The number of benzene rings is 2. The maximum Gasteiger partial charge on any atom is 0.248 e. The Morgan fingerprint density at radius 1 is 1.07 bits per heavy atom. The van der Waals surface area contributed by atoms with Crippen LogP contribution in [0.1, 0.15) is 26.3 Å². The number of anilines is 1. The SMILES string of the molecule is CC(C)(C)c1cc(=O)[nH]c2cc(NC(=O)Cn3ccc4ccccc43)ccc12. The van der Waals surface area contributed by atoms with Crippen molar-refractivity contribution in [3.63, 3.8) is 0 Å². The zero-order chi connectivity index (χ0) is 19.9. The van der Waals surface area contributed by atoms with Crippen LogP contribution in [0, 0.1) is 0 Å². The molecule has 28 heavy (non-hydrogen) atoms. The summed E-state index contributed by atoms with van der Waals surface area (Å²) in [5.74, 6) is -0.116. The van der Waals surface area contributed by atoms with E-state index in [0.29, 0.717) is 5.69 Å². The molecular weight excluding hydrogens is 350 g/mol. The number of carbonyl (C=O) groups excluding carboxylic acids is 1. The van der Waals surface area contributed by atoms with Gasteiger partial charge in [-0.15, -0.1) is 0 Å². The van der Waals surface area contributed by atoms with Gasteiger partial charge in [-0.1, -0.05) is 45.0 Å². The van der Waals surface area contributed by atoms with E-state index in [4.69, 9.17) is 0 Å². The number of fused-ring (bicyclic) bond motifs is 2. The molecule has 4 rings (SSSR count). The van der Waals surface area contributed by atoms with Crippen LogP contribution in [-0.4, -0.2) is 15.5 Å². The van der Waals surface area contributed by atoms with E-state index in [0.717, 1.165) is 27.4 Å². The highest BCUT2D eigenvalue weighted by Crippen LogP contribution is 2.29. The fraction of sp³-hybridized carbons (Fsp3) is 0.217. The molecule has 2 aromatic carbocycles. The number of para-hydroxylation sites is 1. The van der Waals surface area contributed by atoms with Gasteiger partial charge in [0.25, 0.3) is 0 Å². The highest BCUT2D eigenvalue weighted by atomic mass is 16.2. The summed E-state index contributed by atoms with van der Waals surface area (Å²) in [7, 11) is 0. The quantitative estimate of drug-likeness (QED) is 0.558. The Balaban J connectivity index is 1.61. The third-order valence-electron chi connectivity index (χ3n) is 4.93. The minimum atomic E-state index is -0.146. The number of hydrogen-bond donors (Lipinski definition) is 2. The Hall–Kier alpha value is -3.34.